The highest BCUT2D eigenvalue weighted by Crippen LogP contribution is 2.50. The highest BCUT2D eigenvalue weighted by molar-refractivity contribution is 7.87. The van der Waals surface area contributed by atoms with Crippen LogP contribution in [-0.4, -0.2) is 64.9 Å². The van der Waals surface area contributed by atoms with Crippen LogP contribution < -0.4 is 21.3 Å². The van der Waals surface area contributed by atoms with Crippen molar-refractivity contribution in [3.63, 3.8) is 0 Å². The van der Waals surface area contributed by atoms with Crippen molar-refractivity contribution in [2.75, 3.05) is 10.6 Å². The normalized spacial score (nSPS) is 14.3. The largest absolute Gasteiger partial charge is 0.456 e. The van der Waals surface area contributed by atoms with E-state index >= 15 is 0 Å². The van der Waals surface area contributed by atoms with Crippen molar-refractivity contribution >= 4 is 107 Å². The van der Waals surface area contributed by atoms with Crippen LogP contribution in [0.25, 0.3) is 66.8 Å². The lowest BCUT2D eigenvalue weighted by atomic mass is 9.64. The number of aryl methyl sites for hydroxylation is 9. The molecule has 5 aliphatic rings. The number of hydrogen-bond acceptors (Lipinski definition) is 16. The van der Waals surface area contributed by atoms with Crippen LogP contribution in [0.4, 0.5) is 34.1 Å². The Kier molecular flexibility index (Phi) is 18.5. The van der Waals surface area contributed by atoms with Crippen LogP contribution in [0.5, 0.6) is 0 Å². The van der Waals surface area contributed by atoms with Crippen LogP contribution in [0.1, 0.15) is 98.9 Å². The van der Waals surface area contributed by atoms with Crippen LogP contribution in [0.2, 0.25) is 0 Å². The SMILES string of the molecule is Cc1cc(C)c(Nc2ccc3c(-c4ccccc4S(=O)(=O)O)c4cc(S(=O)(=O)O)c(=Nc5c(C)cc(C6(c7cc(C)c(Nc8ccc9c(-c%10ccccc%10S(=O)(=O)O)c%10cc(S(=O)(=O)O)/c(=N/c%11c(C)cc(C)c(S(=O)(=O)O)c%11C)cc-%10oc9c8)c(C)c7)CCCCC6)cc5C)cc-4oc3c2)c(C)c1. The molecule has 0 bridgehead atoms. The molecule has 536 valence electrons. The average Bonchev–Trinajstić information content (AvgIpc) is 0.740. The molecule has 0 unspecified atom stereocenters. The molecule has 2 aliphatic heterocycles. The maximum Gasteiger partial charge on any atom is 0.296 e. The van der Waals surface area contributed by atoms with Gasteiger partial charge in [0.05, 0.1) is 22.1 Å². The molecule has 0 spiro atoms. The zero-order chi connectivity index (χ0) is 74.8. The van der Waals surface area contributed by atoms with Gasteiger partial charge in [0.1, 0.15) is 47.2 Å². The number of fused-ring (bicyclic) bond motifs is 4. The van der Waals surface area contributed by atoms with Gasteiger partial charge in [-0.15, -0.1) is 0 Å². The summed E-state index contributed by atoms with van der Waals surface area (Å²) >= 11 is 0. The number of anilines is 4. The van der Waals surface area contributed by atoms with Gasteiger partial charge in [-0.1, -0.05) is 104 Å². The van der Waals surface area contributed by atoms with Crippen molar-refractivity contribution in [2.24, 2.45) is 9.98 Å². The molecule has 0 aromatic heterocycles. The molecule has 0 amide bonds. The van der Waals surface area contributed by atoms with Gasteiger partial charge in [-0.3, -0.25) is 22.8 Å². The first-order chi connectivity index (χ1) is 48.8. The van der Waals surface area contributed by atoms with E-state index in [1.165, 1.54) is 80.6 Å². The quantitative estimate of drug-likeness (QED) is 0.0370. The van der Waals surface area contributed by atoms with E-state index in [1.807, 2.05) is 48.5 Å². The van der Waals surface area contributed by atoms with Gasteiger partial charge in [-0.2, -0.15) is 42.1 Å². The smallest absolute Gasteiger partial charge is 0.296 e. The minimum absolute atomic E-state index is 0.0103. The minimum Gasteiger partial charge on any atom is -0.456 e. The monoisotopic (exact) mass is 1500 g/mol. The Morgan fingerprint density at radius 1 is 0.375 bits per heavy atom. The van der Waals surface area contributed by atoms with Gasteiger partial charge in [0.25, 0.3) is 50.6 Å². The molecule has 1 fully saturated rings. The van der Waals surface area contributed by atoms with E-state index in [9.17, 15) is 64.9 Å². The average molecular weight is 1500 g/mol. The molecule has 13 rings (SSSR count). The zero-order valence-electron chi connectivity index (χ0n) is 58.0. The predicted molar refractivity (Wildman–Crippen MR) is 400 cm³/mol. The second kappa shape index (κ2) is 26.5. The van der Waals surface area contributed by atoms with Crippen molar-refractivity contribution in [2.45, 2.75) is 131 Å². The van der Waals surface area contributed by atoms with Crippen LogP contribution in [-0.2, 0) is 56.0 Å². The van der Waals surface area contributed by atoms with Gasteiger partial charge in [0, 0.05) is 96.6 Å². The molecular formula is C78H72N4O17S5. The van der Waals surface area contributed by atoms with Crippen molar-refractivity contribution in [3.8, 4) is 44.9 Å². The molecule has 26 heteroatoms. The summed E-state index contributed by atoms with van der Waals surface area (Å²) in [6.45, 7) is 18.2. The summed E-state index contributed by atoms with van der Waals surface area (Å²) in [5.41, 5.74) is 12.3. The van der Waals surface area contributed by atoms with E-state index in [0.29, 0.717) is 39.1 Å². The number of nitrogens with one attached hydrogen (secondary N) is 2. The fourth-order valence-electron chi connectivity index (χ4n) is 15.3. The van der Waals surface area contributed by atoms with Gasteiger partial charge in [-0.25, -0.2) is 9.98 Å². The first-order valence-corrected chi connectivity index (χ1v) is 40.2. The van der Waals surface area contributed by atoms with Gasteiger partial charge >= 0.3 is 0 Å². The second-order valence-electron chi connectivity index (χ2n) is 27.0. The molecule has 8 aromatic carbocycles. The highest BCUT2D eigenvalue weighted by Gasteiger charge is 2.38. The molecule has 0 radical (unpaired) electrons. The molecule has 0 saturated heterocycles. The number of nitrogens with zero attached hydrogens (tertiary/aromatic N) is 2. The van der Waals surface area contributed by atoms with E-state index < -0.39 is 85.8 Å². The van der Waals surface area contributed by atoms with Crippen molar-refractivity contribution < 1.29 is 73.7 Å². The Bertz CT molecular complexity index is 6310. The Balaban J connectivity index is 0.917. The summed E-state index contributed by atoms with van der Waals surface area (Å²) in [5.74, 6) is 0.0271. The lowest BCUT2D eigenvalue weighted by Crippen LogP contribution is -2.31. The van der Waals surface area contributed by atoms with Gasteiger partial charge < -0.3 is 19.5 Å². The molecular weight excluding hydrogens is 1430 g/mol. The van der Waals surface area contributed by atoms with Crippen LogP contribution in [0.3, 0.4) is 0 Å². The Morgan fingerprint density at radius 3 is 1.17 bits per heavy atom. The van der Waals surface area contributed by atoms with E-state index in [1.54, 1.807) is 49.4 Å². The molecule has 8 aromatic rings. The van der Waals surface area contributed by atoms with Crippen LogP contribution >= 0.6 is 0 Å². The lowest BCUT2D eigenvalue weighted by Gasteiger charge is -2.40. The molecule has 7 N–H and O–H groups in total. The van der Waals surface area contributed by atoms with E-state index in [2.05, 4.69) is 52.0 Å². The maximum atomic E-state index is 13.7. The number of rotatable bonds is 15. The maximum absolute atomic E-state index is 13.7. The van der Waals surface area contributed by atoms with Crippen molar-refractivity contribution in [1.29, 1.82) is 0 Å². The molecule has 21 nitrogen and oxygen atoms in total. The Morgan fingerprint density at radius 2 is 0.760 bits per heavy atom. The third-order valence-electron chi connectivity index (χ3n) is 19.7. The van der Waals surface area contributed by atoms with Gasteiger partial charge in [0.15, 0.2) is 0 Å². The third-order valence-corrected chi connectivity index (χ3v) is 24.4. The fraction of sp³-hybridized carbons (Fsp3) is 0.205. The number of hydrogen-bond donors (Lipinski definition) is 7. The standard InChI is InChI=1S/C78H72N4O17S5/c1-41-28-42(2)73(43(3)29-41)79-53-22-24-55-63(35-53)98-65-39-61(69(102(89,90)91)37-59(65)71(55)57-18-12-14-20-67(57)100(83,84)85)81-75-47(7)33-52(34-48(75)8)78(26-16-11-17-27-78)51-31-45(5)74(46(6)32-51)80-54-23-25-56-64(36-54)99-66-40-62(82-76-44(4)30-49(9)77(50(76)10)104(95,96)97)70(103(92,93)94)38-60(66)72(56)58-19-13-15-21-68(58)101(86,87)88/h12-15,18-25,28-40,79-80H,11,16-17,26-27H2,1-10H3,(H,83,84,85)(H,86,87,88)(H,89,90,91)(H,92,93,94)(H,95,96,97)/b81-61?,82-62+. The summed E-state index contributed by atoms with van der Waals surface area (Å²) in [6.07, 6.45) is 4.39. The summed E-state index contributed by atoms with van der Waals surface area (Å²) in [4.78, 5) is 6.86. The summed E-state index contributed by atoms with van der Waals surface area (Å²) in [5, 5.41) is 7.16. The zero-order valence-corrected chi connectivity index (χ0v) is 62.1. The third kappa shape index (κ3) is 13.5. The van der Waals surface area contributed by atoms with Crippen LogP contribution in [0.15, 0.2) is 195 Å². The summed E-state index contributed by atoms with van der Waals surface area (Å²) in [6, 6.07) is 40.5. The van der Waals surface area contributed by atoms with E-state index in [0.717, 1.165) is 88.5 Å². The molecule has 3 aliphatic carbocycles. The topological polar surface area (TPSA) is 347 Å². The first kappa shape index (κ1) is 72.6. The van der Waals surface area contributed by atoms with Crippen molar-refractivity contribution in [1.82, 2.24) is 0 Å². The molecule has 104 heavy (non-hydrogen) atoms. The van der Waals surface area contributed by atoms with Gasteiger partial charge in [0.2, 0.25) is 0 Å². The van der Waals surface area contributed by atoms with Crippen LogP contribution in [0, 0.1) is 69.2 Å². The van der Waals surface area contributed by atoms with Gasteiger partial charge in [-0.05, 0) is 192 Å². The lowest BCUT2D eigenvalue weighted by molar-refractivity contribution is 0.345. The molecule has 0 atom stereocenters. The summed E-state index contributed by atoms with van der Waals surface area (Å²) in [7, 11) is -24.8. The van der Waals surface area contributed by atoms with E-state index in [4.69, 9.17) is 13.8 Å². The number of benzene rings is 10. The summed E-state index contributed by atoms with van der Waals surface area (Å²) < 4.78 is 198. The first-order valence-electron chi connectivity index (χ1n) is 33.0. The predicted octanol–water partition coefficient (Wildman–Crippen LogP) is 17.2. The van der Waals surface area contributed by atoms with E-state index in [-0.39, 0.29) is 83.6 Å². The Hall–Kier alpha value is -9.71. The Labute approximate surface area is 602 Å². The van der Waals surface area contributed by atoms with Crippen molar-refractivity contribution in [3.05, 3.63) is 229 Å². The molecule has 2 heterocycles. The minimum atomic E-state index is -5.17. The second-order valence-corrected chi connectivity index (χ2v) is 33.9. The highest BCUT2D eigenvalue weighted by atomic mass is 32.2. The fourth-order valence-corrected chi connectivity index (χ4v) is 18.9. The molecule has 1 saturated carbocycles.